The number of hydrogen-bond donors (Lipinski definition) is 2. The summed E-state index contributed by atoms with van der Waals surface area (Å²) in [5.41, 5.74) is 6.14. The SMILES string of the molecule is Nc1cc(F)cc(C(=O)NC2CN3CCC2CC3)c1. The fourth-order valence-corrected chi connectivity index (χ4v) is 3.12. The molecule has 19 heavy (non-hydrogen) atoms. The average Bonchev–Trinajstić information content (AvgIpc) is 2.39. The Morgan fingerprint density at radius 2 is 2.05 bits per heavy atom. The minimum Gasteiger partial charge on any atom is -0.399 e. The zero-order valence-corrected chi connectivity index (χ0v) is 10.7. The van der Waals surface area contributed by atoms with Crippen LogP contribution in [0.4, 0.5) is 10.1 Å². The Morgan fingerprint density at radius 1 is 1.32 bits per heavy atom. The first-order chi connectivity index (χ1) is 9.11. The third-order valence-corrected chi connectivity index (χ3v) is 4.15. The van der Waals surface area contributed by atoms with Crippen LogP contribution in [0.5, 0.6) is 0 Å². The van der Waals surface area contributed by atoms with Gasteiger partial charge in [-0.25, -0.2) is 4.39 Å². The molecule has 2 bridgehead atoms. The van der Waals surface area contributed by atoms with E-state index in [1.807, 2.05) is 0 Å². The molecule has 1 aromatic rings. The Hall–Kier alpha value is -1.62. The number of carbonyl (C=O) groups is 1. The summed E-state index contributed by atoms with van der Waals surface area (Å²) in [4.78, 5) is 14.5. The maximum Gasteiger partial charge on any atom is 0.251 e. The van der Waals surface area contributed by atoms with Crippen molar-refractivity contribution >= 4 is 11.6 Å². The average molecular weight is 263 g/mol. The number of nitrogens with zero attached hydrogens (tertiary/aromatic N) is 1. The van der Waals surface area contributed by atoms with E-state index in [0.29, 0.717) is 11.5 Å². The van der Waals surface area contributed by atoms with Crippen LogP contribution in [0.1, 0.15) is 23.2 Å². The zero-order valence-electron chi connectivity index (χ0n) is 10.7. The Morgan fingerprint density at radius 3 is 2.63 bits per heavy atom. The maximum atomic E-state index is 13.2. The molecule has 0 spiro atoms. The molecule has 3 heterocycles. The number of halogens is 1. The van der Waals surface area contributed by atoms with Gasteiger partial charge in [-0.3, -0.25) is 4.79 Å². The summed E-state index contributed by atoms with van der Waals surface area (Å²) in [5.74, 6) is -0.149. The van der Waals surface area contributed by atoms with E-state index < -0.39 is 5.82 Å². The van der Waals surface area contributed by atoms with Crippen LogP contribution >= 0.6 is 0 Å². The van der Waals surface area contributed by atoms with Gasteiger partial charge in [0.25, 0.3) is 5.91 Å². The lowest BCUT2D eigenvalue weighted by molar-refractivity contribution is 0.0620. The molecule has 0 aliphatic carbocycles. The molecule has 0 saturated carbocycles. The van der Waals surface area contributed by atoms with Gasteiger partial charge in [-0.1, -0.05) is 0 Å². The summed E-state index contributed by atoms with van der Waals surface area (Å²) < 4.78 is 13.2. The fraction of sp³-hybridized carbons (Fsp3) is 0.500. The normalized spacial score (nSPS) is 29.2. The highest BCUT2D eigenvalue weighted by Gasteiger charge is 2.34. The van der Waals surface area contributed by atoms with E-state index in [9.17, 15) is 9.18 Å². The van der Waals surface area contributed by atoms with E-state index in [-0.39, 0.29) is 17.6 Å². The molecule has 1 unspecified atom stereocenters. The van der Waals surface area contributed by atoms with E-state index >= 15 is 0 Å². The van der Waals surface area contributed by atoms with Gasteiger partial charge in [-0.05, 0) is 50.0 Å². The fourth-order valence-electron chi connectivity index (χ4n) is 3.12. The third-order valence-electron chi connectivity index (χ3n) is 4.15. The quantitative estimate of drug-likeness (QED) is 0.789. The second-order valence-corrected chi connectivity index (χ2v) is 5.49. The van der Waals surface area contributed by atoms with Crippen LogP contribution in [-0.4, -0.2) is 36.5 Å². The highest BCUT2D eigenvalue weighted by molar-refractivity contribution is 5.95. The first-order valence-corrected chi connectivity index (χ1v) is 6.71. The van der Waals surface area contributed by atoms with E-state index in [2.05, 4.69) is 10.2 Å². The molecule has 3 aliphatic rings. The summed E-state index contributed by atoms with van der Waals surface area (Å²) in [7, 11) is 0. The van der Waals surface area contributed by atoms with Crippen molar-refractivity contribution in [3.8, 4) is 0 Å². The van der Waals surface area contributed by atoms with Gasteiger partial charge >= 0.3 is 0 Å². The van der Waals surface area contributed by atoms with Gasteiger partial charge in [0, 0.05) is 23.8 Å². The van der Waals surface area contributed by atoms with Gasteiger partial charge in [0.1, 0.15) is 5.82 Å². The number of fused-ring (bicyclic) bond motifs is 3. The van der Waals surface area contributed by atoms with Gasteiger partial charge in [0.05, 0.1) is 0 Å². The lowest BCUT2D eigenvalue weighted by Crippen LogP contribution is -2.57. The van der Waals surface area contributed by atoms with Crippen molar-refractivity contribution < 1.29 is 9.18 Å². The van der Waals surface area contributed by atoms with Crippen molar-refractivity contribution in [3.05, 3.63) is 29.6 Å². The molecule has 5 heteroatoms. The standard InChI is InChI=1S/C14H18FN3O/c15-11-5-10(6-12(16)7-11)14(19)17-13-8-18-3-1-9(13)2-4-18/h5-7,9,13H,1-4,8,16H2,(H,17,19). The minimum atomic E-state index is -0.473. The molecule has 3 N–H and O–H groups in total. The molecule has 3 saturated heterocycles. The summed E-state index contributed by atoms with van der Waals surface area (Å²) in [6, 6.07) is 4.14. The molecular formula is C14H18FN3O. The number of nitrogen functional groups attached to an aromatic ring is 1. The largest absolute Gasteiger partial charge is 0.399 e. The predicted octanol–water partition coefficient (Wildman–Crippen LogP) is 1.23. The van der Waals surface area contributed by atoms with E-state index in [1.54, 1.807) is 0 Å². The van der Waals surface area contributed by atoms with Crippen molar-refractivity contribution in [2.45, 2.75) is 18.9 Å². The molecule has 0 aromatic heterocycles. The molecule has 3 fully saturated rings. The first-order valence-electron chi connectivity index (χ1n) is 6.71. The Bertz CT molecular complexity index is 477. The van der Waals surface area contributed by atoms with Crippen LogP contribution < -0.4 is 11.1 Å². The summed E-state index contributed by atoms with van der Waals surface area (Å²) in [6.45, 7) is 3.16. The van der Waals surface area contributed by atoms with Crippen LogP contribution in [0.3, 0.4) is 0 Å². The van der Waals surface area contributed by atoms with Crippen molar-refractivity contribution in [1.82, 2.24) is 10.2 Å². The highest BCUT2D eigenvalue weighted by atomic mass is 19.1. The van der Waals surface area contributed by atoms with Gasteiger partial charge in [-0.2, -0.15) is 0 Å². The lowest BCUT2D eigenvalue weighted by atomic mass is 9.84. The predicted molar refractivity (Wildman–Crippen MR) is 71.2 cm³/mol. The highest BCUT2D eigenvalue weighted by Crippen LogP contribution is 2.27. The number of hydrogen-bond acceptors (Lipinski definition) is 3. The number of benzene rings is 1. The molecule has 3 aliphatic heterocycles. The number of rotatable bonds is 2. The van der Waals surface area contributed by atoms with Crippen LogP contribution in [0.25, 0.3) is 0 Å². The molecule has 1 atom stereocenters. The molecule has 0 radical (unpaired) electrons. The Labute approximate surface area is 111 Å². The monoisotopic (exact) mass is 263 g/mol. The Balaban J connectivity index is 1.71. The van der Waals surface area contributed by atoms with Crippen molar-refractivity contribution in [2.75, 3.05) is 25.4 Å². The number of carbonyl (C=O) groups excluding carboxylic acids is 1. The van der Waals surface area contributed by atoms with Crippen molar-refractivity contribution in [1.29, 1.82) is 0 Å². The van der Waals surface area contributed by atoms with Crippen LogP contribution in [-0.2, 0) is 0 Å². The van der Waals surface area contributed by atoms with Crippen LogP contribution in [0.15, 0.2) is 18.2 Å². The summed E-state index contributed by atoms with van der Waals surface area (Å²) in [6.07, 6.45) is 2.27. The smallest absolute Gasteiger partial charge is 0.251 e. The van der Waals surface area contributed by atoms with Gasteiger partial charge < -0.3 is 16.0 Å². The van der Waals surface area contributed by atoms with E-state index in [0.717, 1.165) is 32.5 Å². The third kappa shape index (κ3) is 2.56. The number of nitrogens with two attached hydrogens (primary N) is 1. The molecular weight excluding hydrogens is 245 g/mol. The molecule has 4 rings (SSSR count). The second kappa shape index (κ2) is 4.81. The number of piperidine rings is 3. The second-order valence-electron chi connectivity index (χ2n) is 5.49. The first kappa shape index (κ1) is 12.4. The number of anilines is 1. The van der Waals surface area contributed by atoms with Crippen LogP contribution in [0.2, 0.25) is 0 Å². The topological polar surface area (TPSA) is 58.4 Å². The van der Waals surface area contributed by atoms with E-state index in [1.165, 1.54) is 18.2 Å². The van der Waals surface area contributed by atoms with Gasteiger partial charge in [0.15, 0.2) is 0 Å². The summed E-state index contributed by atoms with van der Waals surface area (Å²) >= 11 is 0. The number of amides is 1. The molecule has 1 amide bonds. The summed E-state index contributed by atoms with van der Waals surface area (Å²) in [5, 5.41) is 3.02. The van der Waals surface area contributed by atoms with E-state index in [4.69, 9.17) is 5.73 Å². The lowest BCUT2D eigenvalue weighted by Gasteiger charge is -2.44. The minimum absolute atomic E-state index is 0.180. The molecule has 4 nitrogen and oxygen atoms in total. The zero-order chi connectivity index (χ0) is 13.4. The van der Waals surface area contributed by atoms with Crippen molar-refractivity contribution in [2.24, 2.45) is 5.92 Å². The Kier molecular flexibility index (Phi) is 3.14. The van der Waals surface area contributed by atoms with Crippen LogP contribution in [0, 0.1) is 11.7 Å². The van der Waals surface area contributed by atoms with Gasteiger partial charge in [-0.15, -0.1) is 0 Å². The number of nitrogens with one attached hydrogen (secondary N) is 1. The maximum absolute atomic E-state index is 13.2. The molecule has 1 aromatic carbocycles. The molecule has 102 valence electrons. The van der Waals surface area contributed by atoms with Crippen molar-refractivity contribution in [3.63, 3.8) is 0 Å². The van der Waals surface area contributed by atoms with Gasteiger partial charge in [0.2, 0.25) is 0 Å².